The maximum atomic E-state index is 11.4. The summed E-state index contributed by atoms with van der Waals surface area (Å²) in [6, 6.07) is 4.40. The minimum atomic E-state index is -0.644. The van der Waals surface area contributed by atoms with Crippen LogP contribution in [0.1, 0.15) is 10.5 Å². The molecule has 0 unspecified atom stereocenters. The van der Waals surface area contributed by atoms with Crippen LogP contribution >= 0.6 is 27.3 Å². The molecule has 1 aromatic carbocycles. The molecule has 0 bridgehead atoms. The summed E-state index contributed by atoms with van der Waals surface area (Å²) in [4.78, 5) is 25.8. The van der Waals surface area contributed by atoms with Crippen molar-refractivity contribution in [2.45, 2.75) is 0 Å². The Kier molecular flexibility index (Phi) is 4.00. The van der Waals surface area contributed by atoms with Crippen LogP contribution in [0.3, 0.4) is 0 Å². The smallest absolute Gasteiger partial charge is 0.359 e. The fourth-order valence-electron chi connectivity index (χ4n) is 1.50. The third-order valence-electron chi connectivity index (χ3n) is 2.37. The number of carbonyl (C=O) groups is 1. The van der Waals surface area contributed by atoms with Gasteiger partial charge in [-0.25, -0.2) is 9.78 Å². The van der Waals surface area contributed by atoms with Crippen molar-refractivity contribution in [2.24, 2.45) is 0 Å². The average molecular weight is 358 g/mol. The van der Waals surface area contributed by atoms with E-state index in [-0.39, 0.29) is 16.4 Å². The van der Waals surface area contributed by atoms with Crippen molar-refractivity contribution in [1.82, 2.24) is 4.98 Å². The third kappa shape index (κ3) is 2.78. The van der Waals surface area contributed by atoms with Gasteiger partial charge in [0.25, 0.3) is 5.69 Å². The second-order valence-electron chi connectivity index (χ2n) is 3.68. The highest BCUT2D eigenvalue weighted by Gasteiger charge is 2.19. The first-order chi connectivity index (χ1) is 9.42. The number of esters is 1. The Hall–Kier alpha value is -2.00. The Bertz CT molecular complexity index is 701. The highest BCUT2D eigenvalue weighted by molar-refractivity contribution is 9.10. The van der Waals surface area contributed by atoms with E-state index in [1.807, 2.05) is 0 Å². The molecule has 2 rings (SSSR count). The molecule has 7 nitrogen and oxygen atoms in total. The van der Waals surface area contributed by atoms with Crippen LogP contribution in [0.25, 0.3) is 10.6 Å². The number of rotatable bonds is 3. The normalized spacial score (nSPS) is 10.3. The molecule has 2 N–H and O–H groups in total. The Balaban J connectivity index is 2.52. The zero-order valence-corrected chi connectivity index (χ0v) is 12.5. The van der Waals surface area contributed by atoms with Crippen molar-refractivity contribution in [1.29, 1.82) is 0 Å². The number of nitro groups is 1. The zero-order valence-electron chi connectivity index (χ0n) is 10.1. The van der Waals surface area contributed by atoms with E-state index in [9.17, 15) is 14.9 Å². The van der Waals surface area contributed by atoms with E-state index in [1.165, 1.54) is 19.2 Å². The second-order valence-corrected chi connectivity index (χ2v) is 5.62. The molecule has 0 aliphatic carbocycles. The quantitative estimate of drug-likeness (QED) is 0.513. The van der Waals surface area contributed by atoms with Crippen LogP contribution in [0.2, 0.25) is 0 Å². The number of halogens is 1. The Morgan fingerprint density at radius 2 is 2.20 bits per heavy atom. The lowest BCUT2D eigenvalue weighted by molar-refractivity contribution is -0.384. The first-order valence-electron chi connectivity index (χ1n) is 5.22. The lowest BCUT2D eigenvalue weighted by Crippen LogP contribution is -2.04. The number of nitrogens with two attached hydrogens (primary N) is 1. The van der Waals surface area contributed by atoms with Gasteiger partial charge in [-0.15, -0.1) is 0 Å². The molecule has 0 atom stereocenters. The number of nitrogen functional groups attached to an aromatic ring is 1. The molecule has 0 radical (unpaired) electrons. The molecule has 0 aliphatic rings. The van der Waals surface area contributed by atoms with Crippen LogP contribution < -0.4 is 5.73 Å². The topological polar surface area (TPSA) is 108 Å². The van der Waals surface area contributed by atoms with Gasteiger partial charge in [0.05, 0.1) is 12.0 Å². The average Bonchev–Trinajstić information content (AvgIpc) is 2.79. The van der Waals surface area contributed by atoms with Crippen molar-refractivity contribution in [3.8, 4) is 10.6 Å². The highest BCUT2D eigenvalue weighted by Crippen LogP contribution is 2.34. The molecule has 20 heavy (non-hydrogen) atoms. The van der Waals surface area contributed by atoms with E-state index in [4.69, 9.17) is 5.73 Å². The SMILES string of the molecule is COC(=O)c1nc(-c2cc(Br)cc([N+](=O)[O-])c2)sc1N. The predicted octanol–water partition coefficient (Wildman–Crippen LogP) is 2.85. The van der Waals surface area contributed by atoms with Crippen molar-refractivity contribution in [3.05, 3.63) is 38.5 Å². The first kappa shape index (κ1) is 14.4. The van der Waals surface area contributed by atoms with E-state index in [0.29, 0.717) is 15.0 Å². The molecule has 0 saturated carbocycles. The first-order valence-corrected chi connectivity index (χ1v) is 6.83. The maximum Gasteiger partial charge on any atom is 0.359 e. The fourth-order valence-corrected chi connectivity index (χ4v) is 2.79. The highest BCUT2D eigenvalue weighted by atomic mass is 79.9. The van der Waals surface area contributed by atoms with Crippen LogP contribution in [0.15, 0.2) is 22.7 Å². The third-order valence-corrected chi connectivity index (χ3v) is 3.76. The molecule has 1 heterocycles. The summed E-state index contributed by atoms with van der Waals surface area (Å²) in [6.45, 7) is 0. The monoisotopic (exact) mass is 357 g/mol. The van der Waals surface area contributed by atoms with Gasteiger partial charge in [-0.05, 0) is 6.07 Å². The number of hydrogen-bond donors (Lipinski definition) is 1. The van der Waals surface area contributed by atoms with Crippen molar-refractivity contribution >= 4 is 43.9 Å². The summed E-state index contributed by atoms with van der Waals surface area (Å²) in [6.07, 6.45) is 0. The largest absolute Gasteiger partial charge is 0.464 e. The van der Waals surface area contributed by atoms with E-state index in [2.05, 4.69) is 25.7 Å². The number of carbonyl (C=O) groups excluding carboxylic acids is 1. The molecule has 104 valence electrons. The number of thiazole rings is 1. The fraction of sp³-hybridized carbons (Fsp3) is 0.0909. The van der Waals surface area contributed by atoms with Crippen LogP contribution in [0, 0.1) is 10.1 Å². The predicted molar refractivity (Wildman–Crippen MR) is 77.7 cm³/mol. The lowest BCUT2D eigenvalue weighted by atomic mass is 10.2. The van der Waals surface area contributed by atoms with Gasteiger partial charge >= 0.3 is 5.97 Å². The van der Waals surface area contributed by atoms with Gasteiger partial charge in [0.1, 0.15) is 10.0 Å². The summed E-state index contributed by atoms with van der Waals surface area (Å²) in [5.41, 5.74) is 6.13. The number of ether oxygens (including phenoxy) is 1. The molecule has 1 aromatic heterocycles. The molecular formula is C11H8BrN3O4S. The maximum absolute atomic E-state index is 11.4. The number of hydrogen-bond acceptors (Lipinski definition) is 7. The number of nitro benzene ring substituents is 1. The minimum Gasteiger partial charge on any atom is -0.464 e. The number of non-ortho nitro benzene ring substituents is 1. The Morgan fingerprint density at radius 3 is 2.80 bits per heavy atom. The van der Waals surface area contributed by atoms with E-state index >= 15 is 0 Å². The van der Waals surface area contributed by atoms with Crippen molar-refractivity contribution in [2.75, 3.05) is 12.8 Å². The molecule has 0 amide bonds. The van der Waals surface area contributed by atoms with Gasteiger partial charge in [0.15, 0.2) is 5.69 Å². The van der Waals surface area contributed by atoms with Gasteiger partial charge in [-0.1, -0.05) is 27.3 Å². The number of methoxy groups -OCH3 is 1. The van der Waals surface area contributed by atoms with Gasteiger partial charge in [0, 0.05) is 22.2 Å². The molecule has 2 aromatic rings. The van der Waals surface area contributed by atoms with Gasteiger partial charge < -0.3 is 10.5 Å². The summed E-state index contributed by atoms with van der Waals surface area (Å²) >= 11 is 4.26. The van der Waals surface area contributed by atoms with Crippen molar-refractivity contribution < 1.29 is 14.5 Å². The van der Waals surface area contributed by atoms with Crippen LogP contribution in [-0.4, -0.2) is 23.0 Å². The van der Waals surface area contributed by atoms with E-state index in [1.54, 1.807) is 6.07 Å². The second kappa shape index (κ2) is 5.55. The molecule has 0 fully saturated rings. The number of benzene rings is 1. The van der Waals surface area contributed by atoms with Gasteiger partial charge in [-0.3, -0.25) is 10.1 Å². The number of nitrogens with zero attached hydrogens (tertiary/aromatic N) is 2. The number of aromatic nitrogens is 1. The zero-order chi connectivity index (χ0) is 14.9. The molecule has 0 saturated heterocycles. The molecule has 0 spiro atoms. The molecular weight excluding hydrogens is 350 g/mol. The Labute approximate surface area is 125 Å². The Morgan fingerprint density at radius 1 is 1.50 bits per heavy atom. The van der Waals surface area contributed by atoms with E-state index < -0.39 is 10.9 Å². The number of anilines is 1. The summed E-state index contributed by atoms with van der Waals surface area (Å²) < 4.78 is 5.10. The van der Waals surface area contributed by atoms with Crippen LogP contribution in [0.5, 0.6) is 0 Å². The van der Waals surface area contributed by atoms with Crippen molar-refractivity contribution in [3.63, 3.8) is 0 Å². The molecule has 0 aliphatic heterocycles. The standard InChI is InChI=1S/C11H8BrN3O4S/c1-19-11(16)8-9(13)20-10(14-8)5-2-6(12)4-7(3-5)15(17)18/h2-4H,13H2,1H3. The minimum absolute atomic E-state index is 0.00938. The molecule has 9 heteroatoms. The summed E-state index contributed by atoms with van der Waals surface area (Å²) in [7, 11) is 1.23. The van der Waals surface area contributed by atoms with E-state index in [0.717, 1.165) is 11.3 Å². The summed E-state index contributed by atoms with van der Waals surface area (Å²) in [5.74, 6) is -0.644. The van der Waals surface area contributed by atoms with Gasteiger partial charge in [-0.2, -0.15) is 0 Å². The van der Waals surface area contributed by atoms with Crippen LogP contribution in [0.4, 0.5) is 10.7 Å². The van der Waals surface area contributed by atoms with Crippen LogP contribution in [-0.2, 0) is 4.74 Å². The lowest BCUT2D eigenvalue weighted by Gasteiger charge is -1.98. The summed E-state index contributed by atoms with van der Waals surface area (Å²) in [5, 5.41) is 11.4. The van der Waals surface area contributed by atoms with Gasteiger partial charge in [0.2, 0.25) is 0 Å².